The number of nitrogens with zero attached hydrogens (tertiary/aromatic N) is 1. The van der Waals surface area contributed by atoms with Gasteiger partial charge in [0.1, 0.15) is 5.60 Å². The third-order valence-electron chi connectivity index (χ3n) is 2.75. The van der Waals surface area contributed by atoms with Crippen molar-refractivity contribution in [1.82, 2.24) is 4.90 Å². The molecule has 0 radical (unpaired) electrons. The first-order valence-corrected chi connectivity index (χ1v) is 6.02. The summed E-state index contributed by atoms with van der Waals surface area (Å²) in [5, 5.41) is 0. The van der Waals surface area contributed by atoms with E-state index in [9.17, 15) is 4.79 Å². The molecule has 0 atom stereocenters. The second-order valence-corrected chi connectivity index (χ2v) is 5.46. The highest BCUT2D eigenvalue weighted by atomic mass is 16.6. The van der Waals surface area contributed by atoms with Gasteiger partial charge in [-0.1, -0.05) is 6.08 Å². The summed E-state index contributed by atoms with van der Waals surface area (Å²) >= 11 is 0. The van der Waals surface area contributed by atoms with Crippen LogP contribution in [0.15, 0.2) is 12.7 Å². The molecule has 0 aromatic heterocycles. The molecule has 17 heavy (non-hydrogen) atoms. The minimum atomic E-state index is -0.437. The molecule has 0 saturated heterocycles. The fraction of sp³-hybridized carbons (Fsp3) is 0.769. The van der Waals surface area contributed by atoms with Crippen molar-refractivity contribution in [3.63, 3.8) is 0 Å². The van der Waals surface area contributed by atoms with E-state index in [1.54, 1.807) is 18.0 Å². The van der Waals surface area contributed by atoms with Crippen molar-refractivity contribution in [3.05, 3.63) is 12.7 Å². The molecular weight excluding hydrogens is 218 g/mol. The van der Waals surface area contributed by atoms with Crippen LogP contribution in [-0.4, -0.2) is 42.4 Å². The molecule has 4 heteroatoms. The maximum Gasteiger partial charge on any atom is 0.410 e. The lowest BCUT2D eigenvalue weighted by molar-refractivity contribution is -0.0427. The molecule has 0 N–H and O–H groups in total. The Labute approximate surface area is 104 Å². The number of hydrogen-bond acceptors (Lipinski definition) is 3. The van der Waals surface area contributed by atoms with Crippen LogP contribution in [0.3, 0.4) is 0 Å². The first-order chi connectivity index (χ1) is 7.83. The van der Waals surface area contributed by atoms with Crippen LogP contribution in [0.2, 0.25) is 0 Å². The Morgan fingerprint density at radius 1 is 1.47 bits per heavy atom. The van der Waals surface area contributed by atoms with Gasteiger partial charge in [-0.25, -0.2) is 4.79 Å². The number of rotatable bonds is 4. The summed E-state index contributed by atoms with van der Waals surface area (Å²) in [7, 11) is 1.78. The molecule has 0 heterocycles. The fourth-order valence-electron chi connectivity index (χ4n) is 1.68. The number of carbonyl (C=O) groups is 1. The maximum absolute atomic E-state index is 11.8. The topological polar surface area (TPSA) is 38.8 Å². The number of amides is 1. The summed E-state index contributed by atoms with van der Waals surface area (Å²) < 4.78 is 10.8. The van der Waals surface area contributed by atoms with E-state index in [1.165, 1.54) is 0 Å². The highest BCUT2D eigenvalue weighted by Crippen LogP contribution is 2.28. The lowest BCUT2D eigenvalue weighted by Crippen LogP contribution is -2.50. The zero-order valence-electron chi connectivity index (χ0n) is 11.2. The molecule has 4 nitrogen and oxygen atoms in total. The Morgan fingerprint density at radius 3 is 2.53 bits per heavy atom. The summed E-state index contributed by atoms with van der Waals surface area (Å²) in [5.74, 6) is 0. The van der Waals surface area contributed by atoms with Gasteiger partial charge >= 0.3 is 6.09 Å². The molecular formula is C13H23NO3. The molecule has 1 aliphatic carbocycles. The molecule has 1 amide bonds. The van der Waals surface area contributed by atoms with E-state index in [1.807, 2.05) is 20.8 Å². The Kier molecular flexibility index (Phi) is 4.57. The van der Waals surface area contributed by atoms with Crippen molar-refractivity contribution in [1.29, 1.82) is 0 Å². The highest BCUT2D eigenvalue weighted by molar-refractivity contribution is 5.68. The van der Waals surface area contributed by atoms with Gasteiger partial charge in [0.15, 0.2) is 0 Å². The van der Waals surface area contributed by atoms with Gasteiger partial charge in [0.2, 0.25) is 0 Å². The minimum absolute atomic E-state index is 0.236. The first-order valence-electron chi connectivity index (χ1n) is 6.02. The van der Waals surface area contributed by atoms with Crippen molar-refractivity contribution in [2.75, 3.05) is 13.7 Å². The Morgan fingerprint density at radius 2 is 2.06 bits per heavy atom. The number of hydrogen-bond donors (Lipinski definition) is 0. The highest BCUT2D eigenvalue weighted by Gasteiger charge is 2.36. The summed E-state index contributed by atoms with van der Waals surface area (Å²) in [6.45, 7) is 9.79. The van der Waals surface area contributed by atoms with Crippen LogP contribution in [0, 0.1) is 0 Å². The standard InChI is InChI=1S/C13H23NO3/c1-6-7-16-11-8-10(9-11)14(5)12(15)17-13(2,3)4/h6,10-11H,1,7-9H2,2-5H3. The van der Waals surface area contributed by atoms with Gasteiger partial charge in [0.05, 0.1) is 12.7 Å². The van der Waals surface area contributed by atoms with E-state index in [0.717, 1.165) is 12.8 Å². The molecule has 0 bridgehead atoms. The third kappa shape index (κ3) is 4.38. The maximum atomic E-state index is 11.8. The van der Waals surface area contributed by atoms with Crippen molar-refractivity contribution in [2.24, 2.45) is 0 Å². The van der Waals surface area contributed by atoms with E-state index in [-0.39, 0.29) is 18.2 Å². The largest absolute Gasteiger partial charge is 0.444 e. The van der Waals surface area contributed by atoms with Crippen molar-refractivity contribution < 1.29 is 14.3 Å². The summed E-state index contributed by atoms with van der Waals surface area (Å²) in [4.78, 5) is 13.4. The van der Waals surface area contributed by atoms with Gasteiger partial charge in [-0.05, 0) is 33.6 Å². The van der Waals surface area contributed by atoms with E-state index in [4.69, 9.17) is 9.47 Å². The molecule has 1 aliphatic rings. The quantitative estimate of drug-likeness (QED) is 0.710. The zero-order chi connectivity index (χ0) is 13.1. The third-order valence-corrected chi connectivity index (χ3v) is 2.75. The van der Waals surface area contributed by atoms with Crippen LogP contribution in [0.25, 0.3) is 0 Å². The molecule has 1 rings (SSSR count). The molecule has 98 valence electrons. The normalized spacial score (nSPS) is 23.8. The second-order valence-electron chi connectivity index (χ2n) is 5.46. The van der Waals surface area contributed by atoms with E-state index in [2.05, 4.69) is 6.58 Å². The Balaban J connectivity index is 2.29. The number of carbonyl (C=O) groups excluding carboxylic acids is 1. The van der Waals surface area contributed by atoms with E-state index >= 15 is 0 Å². The van der Waals surface area contributed by atoms with Gasteiger partial charge in [-0.3, -0.25) is 0 Å². The van der Waals surface area contributed by atoms with Crippen molar-refractivity contribution in [3.8, 4) is 0 Å². The van der Waals surface area contributed by atoms with E-state index in [0.29, 0.717) is 6.61 Å². The van der Waals surface area contributed by atoms with Gasteiger partial charge in [0, 0.05) is 13.1 Å². The molecule has 1 fully saturated rings. The fourth-order valence-corrected chi connectivity index (χ4v) is 1.68. The second kappa shape index (κ2) is 5.54. The van der Waals surface area contributed by atoms with Gasteiger partial charge in [-0.2, -0.15) is 0 Å². The average molecular weight is 241 g/mol. The van der Waals surface area contributed by atoms with Gasteiger partial charge in [0.25, 0.3) is 0 Å². The summed E-state index contributed by atoms with van der Waals surface area (Å²) in [6.07, 6.45) is 3.49. The average Bonchev–Trinajstić information content (AvgIpc) is 2.12. The SMILES string of the molecule is C=CCOC1CC(N(C)C(=O)OC(C)(C)C)C1. The molecule has 1 saturated carbocycles. The minimum Gasteiger partial charge on any atom is -0.444 e. The number of ether oxygens (including phenoxy) is 2. The van der Waals surface area contributed by atoms with Crippen LogP contribution in [0.1, 0.15) is 33.6 Å². The summed E-state index contributed by atoms with van der Waals surface area (Å²) in [5.41, 5.74) is -0.437. The lowest BCUT2D eigenvalue weighted by atomic mass is 9.88. The van der Waals surface area contributed by atoms with Gasteiger partial charge < -0.3 is 14.4 Å². The Hall–Kier alpha value is -1.03. The predicted molar refractivity (Wildman–Crippen MR) is 67.0 cm³/mol. The van der Waals surface area contributed by atoms with Crippen LogP contribution < -0.4 is 0 Å². The monoisotopic (exact) mass is 241 g/mol. The van der Waals surface area contributed by atoms with Crippen LogP contribution in [-0.2, 0) is 9.47 Å². The smallest absolute Gasteiger partial charge is 0.410 e. The van der Waals surface area contributed by atoms with Gasteiger partial charge in [-0.15, -0.1) is 6.58 Å². The summed E-state index contributed by atoms with van der Waals surface area (Å²) in [6, 6.07) is 0.236. The molecule has 0 aliphatic heterocycles. The zero-order valence-corrected chi connectivity index (χ0v) is 11.2. The molecule has 0 aromatic carbocycles. The van der Waals surface area contributed by atoms with Crippen molar-refractivity contribution >= 4 is 6.09 Å². The molecule has 0 unspecified atom stereocenters. The molecule has 0 aromatic rings. The van der Waals surface area contributed by atoms with Crippen LogP contribution in [0.5, 0.6) is 0 Å². The molecule has 0 spiro atoms. The van der Waals surface area contributed by atoms with Crippen LogP contribution in [0.4, 0.5) is 4.79 Å². The van der Waals surface area contributed by atoms with Crippen molar-refractivity contribution in [2.45, 2.75) is 51.4 Å². The van der Waals surface area contributed by atoms with Crippen LogP contribution >= 0.6 is 0 Å². The predicted octanol–water partition coefficient (Wildman–Crippen LogP) is 2.59. The van der Waals surface area contributed by atoms with E-state index < -0.39 is 5.60 Å². The first kappa shape index (κ1) is 14.0. The Bertz CT molecular complexity index is 277. The lowest BCUT2D eigenvalue weighted by Gasteiger charge is -2.40.